The van der Waals surface area contributed by atoms with Gasteiger partial charge in [0.1, 0.15) is 17.2 Å². The van der Waals surface area contributed by atoms with Gasteiger partial charge in [0.15, 0.2) is 5.65 Å². The number of hydrogen-bond acceptors (Lipinski definition) is 4. The molecule has 1 atom stereocenters. The summed E-state index contributed by atoms with van der Waals surface area (Å²) in [7, 11) is 0. The zero-order valence-electron chi connectivity index (χ0n) is 14.8. The van der Waals surface area contributed by atoms with Crippen LogP contribution in [-0.4, -0.2) is 33.1 Å². The van der Waals surface area contributed by atoms with E-state index < -0.39 is 0 Å². The molecule has 2 aromatic heterocycles. The van der Waals surface area contributed by atoms with E-state index in [0.29, 0.717) is 11.2 Å². The van der Waals surface area contributed by atoms with Gasteiger partial charge in [-0.15, -0.1) is 0 Å². The molecule has 3 aromatic rings. The number of nitrogens with zero attached hydrogens (tertiary/aromatic N) is 4. The van der Waals surface area contributed by atoms with Crippen LogP contribution in [0.3, 0.4) is 0 Å². The van der Waals surface area contributed by atoms with Gasteiger partial charge in [-0.2, -0.15) is 5.10 Å². The van der Waals surface area contributed by atoms with Crippen molar-refractivity contribution in [3.63, 3.8) is 0 Å². The van der Waals surface area contributed by atoms with Crippen molar-refractivity contribution in [1.82, 2.24) is 19.9 Å². The summed E-state index contributed by atoms with van der Waals surface area (Å²) in [5, 5.41) is 7.24. The fourth-order valence-corrected chi connectivity index (χ4v) is 3.77. The Labute approximate surface area is 156 Å². The van der Waals surface area contributed by atoms with Gasteiger partial charge in [0, 0.05) is 18.8 Å². The van der Waals surface area contributed by atoms with Gasteiger partial charge in [-0.05, 0) is 49.4 Å². The minimum atomic E-state index is -0.224. The molecule has 0 spiro atoms. The van der Waals surface area contributed by atoms with Gasteiger partial charge in [0.05, 0.1) is 12.2 Å². The van der Waals surface area contributed by atoms with E-state index in [1.165, 1.54) is 6.07 Å². The van der Waals surface area contributed by atoms with Crippen LogP contribution in [0.2, 0.25) is 0 Å². The fourth-order valence-electron chi connectivity index (χ4n) is 3.77. The van der Waals surface area contributed by atoms with Crippen LogP contribution in [0, 0.1) is 5.82 Å². The number of anilines is 1. The second-order valence-electron chi connectivity index (χ2n) is 7.27. The molecule has 2 aliphatic rings. The van der Waals surface area contributed by atoms with Crippen LogP contribution >= 0.6 is 0 Å². The monoisotopic (exact) mass is 365 g/mol. The largest absolute Gasteiger partial charge is 0.349 e. The van der Waals surface area contributed by atoms with E-state index in [4.69, 9.17) is 4.98 Å². The Hall–Kier alpha value is -2.96. The average molecular weight is 365 g/mol. The first-order chi connectivity index (χ1) is 13.2. The second-order valence-corrected chi connectivity index (χ2v) is 7.27. The van der Waals surface area contributed by atoms with Gasteiger partial charge in [-0.25, -0.2) is 13.9 Å². The molecule has 6 nitrogen and oxygen atoms in total. The third-order valence-corrected chi connectivity index (χ3v) is 5.29. The van der Waals surface area contributed by atoms with E-state index in [-0.39, 0.29) is 23.8 Å². The van der Waals surface area contributed by atoms with Crippen molar-refractivity contribution in [1.29, 1.82) is 0 Å². The summed E-state index contributed by atoms with van der Waals surface area (Å²) >= 11 is 0. The fraction of sp³-hybridized carbons (Fsp3) is 0.350. The molecule has 1 saturated carbocycles. The number of aromatic nitrogens is 3. The molecule has 0 radical (unpaired) electrons. The van der Waals surface area contributed by atoms with Gasteiger partial charge in [-0.3, -0.25) is 4.79 Å². The van der Waals surface area contributed by atoms with Gasteiger partial charge in [-0.1, -0.05) is 12.1 Å². The topological polar surface area (TPSA) is 62.5 Å². The van der Waals surface area contributed by atoms with Crippen LogP contribution in [0.1, 0.15) is 47.6 Å². The summed E-state index contributed by atoms with van der Waals surface area (Å²) in [5.74, 6) is 0.438. The molecule has 1 N–H and O–H groups in total. The summed E-state index contributed by atoms with van der Waals surface area (Å²) in [5.41, 5.74) is 2.00. The summed E-state index contributed by atoms with van der Waals surface area (Å²) in [4.78, 5) is 19.4. The Morgan fingerprint density at radius 2 is 2.11 bits per heavy atom. The van der Waals surface area contributed by atoms with Crippen LogP contribution in [0.15, 0.2) is 42.7 Å². The summed E-state index contributed by atoms with van der Waals surface area (Å²) in [6, 6.07) is 9.03. The molecule has 1 amide bonds. The third-order valence-electron chi connectivity index (χ3n) is 5.29. The molecular weight excluding hydrogens is 345 g/mol. The molecule has 5 rings (SSSR count). The summed E-state index contributed by atoms with van der Waals surface area (Å²) < 4.78 is 15.3. The lowest BCUT2D eigenvalue weighted by Gasteiger charge is -2.26. The Bertz CT molecular complexity index is 1010. The van der Waals surface area contributed by atoms with E-state index in [2.05, 4.69) is 15.3 Å². The first-order valence-electron chi connectivity index (χ1n) is 9.36. The van der Waals surface area contributed by atoms with Crippen LogP contribution in [0.25, 0.3) is 5.65 Å². The molecule has 1 saturated heterocycles. The Balaban J connectivity index is 1.49. The molecule has 1 aliphatic heterocycles. The molecule has 27 heavy (non-hydrogen) atoms. The van der Waals surface area contributed by atoms with E-state index in [1.54, 1.807) is 22.8 Å². The molecule has 1 aromatic carbocycles. The van der Waals surface area contributed by atoms with Crippen molar-refractivity contribution < 1.29 is 9.18 Å². The molecule has 0 bridgehead atoms. The van der Waals surface area contributed by atoms with E-state index in [9.17, 15) is 9.18 Å². The van der Waals surface area contributed by atoms with E-state index in [0.717, 1.165) is 43.6 Å². The maximum Gasteiger partial charge on any atom is 0.256 e. The number of fused-ring (bicyclic) bond motifs is 1. The van der Waals surface area contributed by atoms with Crippen molar-refractivity contribution in [2.45, 2.75) is 37.8 Å². The van der Waals surface area contributed by atoms with Gasteiger partial charge in [0.2, 0.25) is 0 Å². The minimum absolute atomic E-state index is 0.0855. The molecule has 2 fully saturated rings. The number of nitrogens with one attached hydrogen (secondary N) is 1. The van der Waals surface area contributed by atoms with Crippen molar-refractivity contribution >= 4 is 17.4 Å². The van der Waals surface area contributed by atoms with Crippen molar-refractivity contribution in [2.75, 3.05) is 11.4 Å². The van der Waals surface area contributed by atoms with Crippen molar-refractivity contribution in [3.8, 4) is 0 Å². The van der Waals surface area contributed by atoms with E-state index in [1.807, 2.05) is 18.3 Å². The average Bonchev–Trinajstić information content (AvgIpc) is 3.20. The lowest BCUT2D eigenvalue weighted by atomic mass is 10.0. The predicted octanol–water partition coefficient (Wildman–Crippen LogP) is 3.10. The maximum absolute atomic E-state index is 13.7. The molecule has 1 unspecified atom stereocenters. The van der Waals surface area contributed by atoms with Crippen LogP contribution < -0.4 is 10.2 Å². The molecular formula is C20H20FN5O. The minimum Gasteiger partial charge on any atom is -0.349 e. The van der Waals surface area contributed by atoms with Crippen LogP contribution in [0.5, 0.6) is 0 Å². The Morgan fingerprint density at radius 3 is 2.93 bits per heavy atom. The maximum atomic E-state index is 13.7. The Morgan fingerprint density at radius 1 is 1.22 bits per heavy atom. The second kappa shape index (κ2) is 6.33. The van der Waals surface area contributed by atoms with Crippen molar-refractivity contribution in [2.24, 2.45) is 0 Å². The molecule has 3 heterocycles. The number of carbonyl (C=O) groups excluding carboxylic acids is 1. The smallest absolute Gasteiger partial charge is 0.256 e. The number of hydrogen-bond donors (Lipinski definition) is 1. The molecule has 138 valence electrons. The number of benzene rings is 1. The summed E-state index contributed by atoms with van der Waals surface area (Å²) in [6.07, 6.45) is 7.43. The normalized spacial score (nSPS) is 19.6. The number of carbonyl (C=O) groups is 1. The zero-order valence-corrected chi connectivity index (χ0v) is 14.8. The third kappa shape index (κ3) is 3.03. The van der Waals surface area contributed by atoms with Gasteiger partial charge < -0.3 is 10.2 Å². The SMILES string of the molecule is O=C(NC1CC1)c1cnn2ccc(N3CCCC3c3cccc(F)c3)nc12. The zero-order chi connectivity index (χ0) is 18.4. The van der Waals surface area contributed by atoms with E-state index >= 15 is 0 Å². The highest BCUT2D eigenvalue weighted by molar-refractivity contribution is 6.00. The molecule has 7 heteroatoms. The Kier molecular flexibility index (Phi) is 3.81. The molecule has 1 aliphatic carbocycles. The number of rotatable bonds is 4. The van der Waals surface area contributed by atoms with Crippen LogP contribution in [0.4, 0.5) is 10.2 Å². The van der Waals surface area contributed by atoms with Crippen molar-refractivity contribution in [3.05, 3.63) is 59.7 Å². The highest BCUT2D eigenvalue weighted by atomic mass is 19.1. The summed E-state index contributed by atoms with van der Waals surface area (Å²) in [6.45, 7) is 0.849. The number of amides is 1. The van der Waals surface area contributed by atoms with Gasteiger partial charge >= 0.3 is 0 Å². The van der Waals surface area contributed by atoms with Crippen LogP contribution in [-0.2, 0) is 0 Å². The number of halogens is 1. The first kappa shape index (κ1) is 16.2. The first-order valence-corrected chi connectivity index (χ1v) is 9.36. The standard InChI is InChI=1S/C20H20FN5O/c21-14-4-1-3-13(11-14)17-5-2-9-25(17)18-8-10-26-19(24-18)16(12-22-26)20(27)23-15-6-7-15/h1,3-4,8,10-12,15,17H,2,5-7,9H2,(H,23,27). The van der Waals surface area contributed by atoms with Gasteiger partial charge in [0.25, 0.3) is 5.91 Å². The predicted molar refractivity (Wildman–Crippen MR) is 99.2 cm³/mol. The lowest BCUT2D eigenvalue weighted by Crippen LogP contribution is -2.26. The lowest BCUT2D eigenvalue weighted by molar-refractivity contribution is 0.0952. The highest BCUT2D eigenvalue weighted by Crippen LogP contribution is 2.35. The highest BCUT2D eigenvalue weighted by Gasteiger charge is 2.29. The quantitative estimate of drug-likeness (QED) is 0.772.